The van der Waals surface area contributed by atoms with Gasteiger partial charge >= 0.3 is 0 Å². The van der Waals surface area contributed by atoms with E-state index in [2.05, 4.69) is 26.1 Å². The first-order valence-electron chi connectivity index (χ1n) is 8.01. The Morgan fingerprint density at radius 3 is 2.59 bits per heavy atom. The fourth-order valence-electron chi connectivity index (χ4n) is 3.06. The second-order valence-corrected chi connectivity index (χ2v) is 6.05. The lowest BCUT2D eigenvalue weighted by Crippen LogP contribution is -2.37. The molecule has 1 rings (SSSR count). The van der Waals surface area contributed by atoms with Gasteiger partial charge in [0.15, 0.2) is 0 Å². The van der Waals surface area contributed by atoms with Crippen molar-refractivity contribution in [1.29, 1.82) is 0 Å². The molecule has 1 N–H and O–H groups in total. The molecule has 0 amide bonds. The summed E-state index contributed by atoms with van der Waals surface area (Å²) in [5.41, 5.74) is 0. The molecule has 0 aliphatic heterocycles. The summed E-state index contributed by atoms with van der Waals surface area (Å²) < 4.78 is 0. The highest BCUT2D eigenvalue weighted by Crippen LogP contribution is 2.23. The van der Waals surface area contributed by atoms with E-state index < -0.39 is 0 Å². The summed E-state index contributed by atoms with van der Waals surface area (Å²) in [5, 5.41) is 3.87. The van der Waals surface area contributed by atoms with Crippen LogP contribution < -0.4 is 5.32 Å². The second kappa shape index (κ2) is 8.97. The Labute approximate surface area is 109 Å². The third kappa shape index (κ3) is 5.90. The van der Waals surface area contributed by atoms with Crippen LogP contribution in [0.2, 0.25) is 0 Å². The van der Waals surface area contributed by atoms with Gasteiger partial charge in [-0.3, -0.25) is 0 Å². The molecule has 1 nitrogen and oxygen atoms in total. The zero-order valence-corrected chi connectivity index (χ0v) is 12.3. The smallest absolute Gasteiger partial charge is 0.00928 e. The van der Waals surface area contributed by atoms with Gasteiger partial charge in [-0.25, -0.2) is 0 Å². The number of rotatable bonds is 7. The van der Waals surface area contributed by atoms with E-state index in [9.17, 15) is 0 Å². The maximum atomic E-state index is 3.87. The van der Waals surface area contributed by atoms with Gasteiger partial charge in [-0.15, -0.1) is 0 Å². The summed E-state index contributed by atoms with van der Waals surface area (Å²) in [7, 11) is 0. The molecular formula is C16H33N. The van der Waals surface area contributed by atoms with Gasteiger partial charge in [0.1, 0.15) is 0 Å². The van der Waals surface area contributed by atoms with Crippen molar-refractivity contribution in [1.82, 2.24) is 5.32 Å². The van der Waals surface area contributed by atoms with E-state index in [0.717, 1.165) is 17.9 Å². The van der Waals surface area contributed by atoms with E-state index >= 15 is 0 Å². The maximum absolute atomic E-state index is 3.87. The van der Waals surface area contributed by atoms with Gasteiger partial charge in [-0.05, 0) is 37.6 Å². The Bertz CT molecular complexity index is 178. The van der Waals surface area contributed by atoms with Crippen LogP contribution in [0.4, 0.5) is 0 Å². The molecule has 3 unspecified atom stereocenters. The van der Waals surface area contributed by atoms with Crippen LogP contribution >= 0.6 is 0 Å². The van der Waals surface area contributed by atoms with E-state index in [1.807, 2.05) is 0 Å². The van der Waals surface area contributed by atoms with Gasteiger partial charge in [-0.1, -0.05) is 59.3 Å². The standard InChI is InChI=1S/C16H33N/c1-4-6-11-15(5-2)13-17-16-12-9-7-8-10-14(16)3/h14-17H,4-13H2,1-3H3. The fourth-order valence-corrected chi connectivity index (χ4v) is 3.06. The van der Waals surface area contributed by atoms with Crippen LogP contribution in [0.1, 0.15) is 78.6 Å². The molecular weight excluding hydrogens is 206 g/mol. The van der Waals surface area contributed by atoms with E-state index in [4.69, 9.17) is 0 Å². The molecule has 0 aromatic rings. The summed E-state index contributed by atoms with van der Waals surface area (Å²) in [6.07, 6.45) is 12.7. The zero-order valence-electron chi connectivity index (χ0n) is 12.3. The average Bonchev–Trinajstić information content (AvgIpc) is 2.55. The van der Waals surface area contributed by atoms with Crippen molar-refractivity contribution in [3.8, 4) is 0 Å². The average molecular weight is 239 g/mol. The molecule has 102 valence electrons. The highest BCUT2D eigenvalue weighted by Gasteiger charge is 2.20. The molecule has 0 saturated heterocycles. The molecule has 0 radical (unpaired) electrons. The molecule has 17 heavy (non-hydrogen) atoms. The first-order valence-corrected chi connectivity index (χ1v) is 8.01. The largest absolute Gasteiger partial charge is 0.313 e. The minimum absolute atomic E-state index is 0.799. The monoisotopic (exact) mass is 239 g/mol. The van der Waals surface area contributed by atoms with Crippen LogP contribution in [0, 0.1) is 11.8 Å². The van der Waals surface area contributed by atoms with E-state index in [-0.39, 0.29) is 0 Å². The number of unbranched alkanes of at least 4 members (excludes halogenated alkanes) is 1. The summed E-state index contributed by atoms with van der Waals surface area (Å²) in [6, 6.07) is 0.799. The molecule has 1 aliphatic carbocycles. The van der Waals surface area contributed by atoms with Crippen molar-refractivity contribution in [3.63, 3.8) is 0 Å². The first kappa shape index (κ1) is 15.0. The lowest BCUT2D eigenvalue weighted by atomic mass is 9.94. The first-order chi connectivity index (χ1) is 8.27. The van der Waals surface area contributed by atoms with Crippen LogP contribution in [0.25, 0.3) is 0 Å². The van der Waals surface area contributed by atoms with Crippen LogP contribution in [-0.4, -0.2) is 12.6 Å². The van der Waals surface area contributed by atoms with Crippen molar-refractivity contribution < 1.29 is 0 Å². The molecule has 1 saturated carbocycles. The normalized spacial score (nSPS) is 27.7. The molecule has 1 fully saturated rings. The predicted molar refractivity (Wildman–Crippen MR) is 77.3 cm³/mol. The van der Waals surface area contributed by atoms with Gasteiger partial charge in [-0.2, -0.15) is 0 Å². The highest BCUT2D eigenvalue weighted by molar-refractivity contribution is 4.77. The molecule has 1 heteroatoms. The van der Waals surface area contributed by atoms with Gasteiger partial charge in [0.25, 0.3) is 0 Å². The Morgan fingerprint density at radius 1 is 1.12 bits per heavy atom. The van der Waals surface area contributed by atoms with E-state index in [1.54, 1.807) is 0 Å². The highest BCUT2D eigenvalue weighted by atomic mass is 14.9. The van der Waals surface area contributed by atoms with Crippen molar-refractivity contribution in [2.75, 3.05) is 6.54 Å². The van der Waals surface area contributed by atoms with Crippen LogP contribution in [0.15, 0.2) is 0 Å². The lowest BCUT2D eigenvalue weighted by molar-refractivity contribution is 0.318. The second-order valence-electron chi connectivity index (χ2n) is 6.05. The van der Waals surface area contributed by atoms with E-state index in [0.29, 0.717) is 0 Å². The van der Waals surface area contributed by atoms with Gasteiger partial charge in [0.05, 0.1) is 0 Å². The molecule has 0 spiro atoms. The summed E-state index contributed by atoms with van der Waals surface area (Å²) >= 11 is 0. The van der Waals surface area contributed by atoms with Crippen molar-refractivity contribution in [2.45, 2.75) is 84.6 Å². The predicted octanol–water partition coefficient (Wildman–Crippen LogP) is 4.76. The Kier molecular flexibility index (Phi) is 7.92. The summed E-state index contributed by atoms with van der Waals surface area (Å²) in [6.45, 7) is 8.34. The Hall–Kier alpha value is -0.0400. The van der Waals surface area contributed by atoms with Gasteiger partial charge < -0.3 is 5.32 Å². The van der Waals surface area contributed by atoms with Crippen LogP contribution in [0.3, 0.4) is 0 Å². The third-order valence-electron chi connectivity index (χ3n) is 4.57. The summed E-state index contributed by atoms with van der Waals surface area (Å²) in [4.78, 5) is 0. The van der Waals surface area contributed by atoms with Crippen LogP contribution in [-0.2, 0) is 0 Å². The number of hydrogen-bond acceptors (Lipinski definition) is 1. The molecule has 0 bridgehead atoms. The van der Waals surface area contributed by atoms with Gasteiger partial charge in [0.2, 0.25) is 0 Å². The zero-order chi connectivity index (χ0) is 12.5. The molecule has 0 heterocycles. The minimum atomic E-state index is 0.799. The Balaban J connectivity index is 2.25. The number of nitrogens with one attached hydrogen (secondary N) is 1. The topological polar surface area (TPSA) is 12.0 Å². The molecule has 0 aromatic heterocycles. The SMILES string of the molecule is CCCCC(CC)CNC1CCCCCC1C. The fraction of sp³-hybridized carbons (Fsp3) is 1.00. The molecule has 1 aliphatic rings. The molecule has 0 aromatic carbocycles. The maximum Gasteiger partial charge on any atom is 0.00928 e. The van der Waals surface area contributed by atoms with Crippen molar-refractivity contribution >= 4 is 0 Å². The minimum Gasteiger partial charge on any atom is -0.313 e. The quantitative estimate of drug-likeness (QED) is 0.632. The lowest BCUT2D eigenvalue weighted by Gasteiger charge is -2.25. The van der Waals surface area contributed by atoms with E-state index in [1.165, 1.54) is 64.3 Å². The molecule has 3 atom stereocenters. The Morgan fingerprint density at radius 2 is 1.88 bits per heavy atom. The van der Waals surface area contributed by atoms with Crippen molar-refractivity contribution in [3.05, 3.63) is 0 Å². The van der Waals surface area contributed by atoms with Gasteiger partial charge in [0, 0.05) is 6.04 Å². The summed E-state index contributed by atoms with van der Waals surface area (Å²) in [5.74, 6) is 1.80. The number of hydrogen-bond donors (Lipinski definition) is 1. The van der Waals surface area contributed by atoms with Crippen LogP contribution in [0.5, 0.6) is 0 Å². The third-order valence-corrected chi connectivity index (χ3v) is 4.57. The van der Waals surface area contributed by atoms with Crippen molar-refractivity contribution in [2.24, 2.45) is 11.8 Å².